The van der Waals surface area contributed by atoms with E-state index in [1.54, 1.807) is 6.92 Å². The van der Waals surface area contributed by atoms with E-state index < -0.39 is 5.56 Å². The Bertz CT molecular complexity index is 887. The molecule has 0 bridgehead atoms. The number of rotatable bonds is 4. The number of hydrogen-bond donors (Lipinski definition) is 1. The molecule has 5 heteroatoms. The first-order valence-electron chi connectivity index (χ1n) is 7.82. The molecule has 0 aliphatic heterocycles. The lowest BCUT2D eigenvalue weighted by Crippen LogP contribution is -2.27. The molecule has 24 heavy (non-hydrogen) atoms. The van der Waals surface area contributed by atoms with Gasteiger partial charge in [-0.2, -0.15) is 5.26 Å². The van der Waals surface area contributed by atoms with Crippen molar-refractivity contribution in [3.05, 3.63) is 56.9 Å². The number of aryl methyl sites for hydroxylation is 1. The third kappa shape index (κ3) is 3.54. The summed E-state index contributed by atoms with van der Waals surface area (Å²) in [7, 11) is 0. The first-order valence-corrected chi connectivity index (χ1v) is 7.82. The monoisotopic (exact) mass is 323 g/mol. The molecule has 0 unspecified atom stereocenters. The molecule has 0 spiro atoms. The van der Waals surface area contributed by atoms with Crippen molar-refractivity contribution < 1.29 is 5.11 Å². The van der Waals surface area contributed by atoms with Crippen LogP contribution in [0.3, 0.4) is 0 Å². The molecule has 1 aromatic carbocycles. The minimum atomic E-state index is -0.464. The lowest BCUT2D eigenvalue weighted by Gasteiger charge is -2.15. The highest BCUT2D eigenvalue weighted by molar-refractivity contribution is 5.87. The van der Waals surface area contributed by atoms with Crippen LogP contribution in [0.15, 0.2) is 34.1 Å². The predicted octanol–water partition coefficient (Wildman–Crippen LogP) is 3.45. The molecule has 1 heterocycles. The van der Waals surface area contributed by atoms with Gasteiger partial charge in [-0.15, -0.1) is 0 Å². The van der Waals surface area contributed by atoms with E-state index in [1.807, 2.05) is 51.1 Å². The number of aromatic hydroxyl groups is 1. The van der Waals surface area contributed by atoms with Crippen LogP contribution in [0.5, 0.6) is 5.88 Å². The first-order chi connectivity index (χ1) is 11.3. The maximum absolute atomic E-state index is 12.4. The number of pyridine rings is 1. The largest absolute Gasteiger partial charge is 0.494 e. The number of aromatic nitrogens is 1. The van der Waals surface area contributed by atoms with Crippen molar-refractivity contribution in [2.24, 2.45) is 10.9 Å². The van der Waals surface area contributed by atoms with E-state index in [0.29, 0.717) is 17.7 Å². The summed E-state index contributed by atoms with van der Waals surface area (Å²) in [5.74, 6) is 0.00557. The Labute approximate surface area is 141 Å². The van der Waals surface area contributed by atoms with Gasteiger partial charge >= 0.3 is 0 Å². The normalized spacial score (nSPS) is 11.2. The maximum Gasteiger partial charge on any atom is 0.271 e. The third-order valence-electron chi connectivity index (χ3n) is 3.74. The molecule has 0 atom stereocenters. The number of aliphatic imine (C=N–C) groups is 1. The van der Waals surface area contributed by atoms with Crippen LogP contribution < -0.4 is 5.56 Å². The molecule has 0 fully saturated rings. The smallest absolute Gasteiger partial charge is 0.271 e. The fourth-order valence-corrected chi connectivity index (χ4v) is 2.51. The highest BCUT2D eigenvalue weighted by Gasteiger charge is 2.18. The van der Waals surface area contributed by atoms with E-state index in [2.05, 4.69) is 4.99 Å². The molecular weight excluding hydrogens is 302 g/mol. The van der Waals surface area contributed by atoms with Crippen molar-refractivity contribution in [2.75, 3.05) is 0 Å². The minimum absolute atomic E-state index is 0.0409. The molecule has 0 aliphatic rings. The summed E-state index contributed by atoms with van der Waals surface area (Å²) in [6.45, 7) is 7.84. The number of nitriles is 1. The van der Waals surface area contributed by atoms with Crippen LogP contribution >= 0.6 is 0 Å². The van der Waals surface area contributed by atoms with Crippen LogP contribution in [0.4, 0.5) is 5.69 Å². The molecule has 0 aliphatic carbocycles. The molecule has 2 rings (SSSR count). The Balaban J connectivity index is 2.61. The average molecular weight is 323 g/mol. The second kappa shape index (κ2) is 7.14. The zero-order valence-corrected chi connectivity index (χ0v) is 14.4. The molecule has 5 nitrogen and oxygen atoms in total. The summed E-state index contributed by atoms with van der Waals surface area (Å²) in [5, 5.41) is 19.8. The molecular formula is C19H21N3O2. The highest BCUT2D eigenvalue weighted by atomic mass is 16.3. The zero-order valence-electron chi connectivity index (χ0n) is 14.4. The minimum Gasteiger partial charge on any atom is -0.494 e. The highest BCUT2D eigenvalue weighted by Crippen LogP contribution is 2.22. The molecule has 0 saturated heterocycles. The van der Waals surface area contributed by atoms with Crippen molar-refractivity contribution in [3.63, 3.8) is 0 Å². The van der Waals surface area contributed by atoms with Crippen LogP contribution in [0.2, 0.25) is 0 Å². The van der Waals surface area contributed by atoms with Crippen LogP contribution in [-0.4, -0.2) is 15.9 Å². The van der Waals surface area contributed by atoms with E-state index >= 15 is 0 Å². The Morgan fingerprint density at radius 3 is 2.67 bits per heavy atom. The molecule has 2 aromatic rings. The van der Waals surface area contributed by atoms with Gasteiger partial charge in [0.15, 0.2) is 0 Å². The lowest BCUT2D eigenvalue weighted by molar-refractivity contribution is 0.381. The van der Waals surface area contributed by atoms with Crippen LogP contribution in [0.25, 0.3) is 0 Å². The molecule has 124 valence electrons. The third-order valence-corrected chi connectivity index (χ3v) is 3.74. The standard InChI is InChI=1S/C19H21N3O2/c1-12(2)11-22-18(23)16(9-20)14(4)17(19(22)24)10-21-15-7-5-6-13(3)8-15/h5-8,10,12,24H,11H2,1-4H3. The van der Waals surface area contributed by atoms with Gasteiger partial charge in [0.1, 0.15) is 11.6 Å². The summed E-state index contributed by atoms with van der Waals surface area (Å²) >= 11 is 0. The van der Waals surface area contributed by atoms with Crippen molar-refractivity contribution in [1.82, 2.24) is 4.57 Å². The molecule has 1 aromatic heterocycles. The fraction of sp³-hybridized carbons (Fsp3) is 0.316. The Kier molecular flexibility index (Phi) is 5.20. The van der Waals surface area contributed by atoms with Crippen LogP contribution in [0, 0.1) is 31.1 Å². The summed E-state index contributed by atoms with van der Waals surface area (Å²) in [5.41, 5.74) is 2.24. The van der Waals surface area contributed by atoms with Gasteiger partial charge < -0.3 is 5.11 Å². The molecule has 0 amide bonds. The van der Waals surface area contributed by atoms with Crippen LogP contribution in [0.1, 0.15) is 36.1 Å². The fourth-order valence-electron chi connectivity index (χ4n) is 2.51. The van der Waals surface area contributed by atoms with Gasteiger partial charge in [-0.1, -0.05) is 26.0 Å². The van der Waals surface area contributed by atoms with Crippen molar-refractivity contribution in [2.45, 2.75) is 34.2 Å². The van der Waals surface area contributed by atoms with E-state index in [4.69, 9.17) is 0 Å². The molecule has 1 N–H and O–H groups in total. The van der Waals surface area contributed by atoms with E-state index in [-0.39, 0.29) is 17.4 Å². The van der Waals surface area contributed by atoms with Gasteiger partial charge in [-0.3, -0.25) is 14.4 Å². The predicted molar refractivity (Wildman–Crippen MR) is 95.1 cm³/mol. The maximum atomic E-state index is 12.4. The number of nitrogens with zero attached hydrogens (tertiary/aromatic N) is 3. The zero-order chi connectivity index (χ0) is 17.9. The van der Waals surface area contributed by atoms with Gasteiger partial charge in [-0.05, 0) is 43.0 Å². The second-order valence-corrected chi connectivity index (χ2v) is 6.26. The summed E-state index contributed by atoms with van der Waals surface area (Å²) < 4.78 is 1.24. The number of hydrogen-bond acceptors (Lipinski definition) is 4. The van der Waals surface area contributed by atoms with E-state index in [9.17, 15) is 15.2 Å². The van der Waals surface area contributed by atoms with Gasteiger partial charge in [0.2, 0.25) is 5.88 Å². The quantitative estimate of drug-likeness (QED) is 0.875. The van der Waals surface area contributed by atoms with E-state index in [1.165, 1.54) is 10.8 Å². The summed E-state index contributed by atoms with van der Waals surface area (Å²) in [6, 6.07) is 9.58. The van der Waals surface area contributed by atoms with Crippen molar-refractivity contribution in [1.29, 1.82) is 5.26 Å². The Hall–Kier alpha value is -2.87. The second-order valence-electron chi connectivity index (χ2n) is 6.26. The van der Waals surface area contributed by atoms with Crippen molar-refractivity contribution in [3.8, 4) is 11.9 Å². The lowest BCUT2D eigenvalue weighted by atomic mass is 10.1. The molecule has 0 saturated carbocycles. The van der Waals surface area contributed by atoms with Gasteiger partial charge in [0, 0.05) is 12.8 Å². The van der Waals surface area contributed by atoms with Crippen molar-refractivity contribution >= 4 is 11.9 Å². The van der Waals surface area contributed by atoms with E-state index in [0.717, 1.165) is 11.3 Å². The average Bonchev–Trinajstić information content (AvgIpc) is 2.52. The Morgan fingerprint density at radius 2 is 2.08 bits per heavy atom. The molecule has 0 radical (unpaired) electrons. The summed E-state index contributed by atoms with van der Waals surface area (Å²) in [4.78, 5) is 16.8. The van der Waals surface area contributed by atoms with Gasteiger partial charge in [-0.25, -0.2) is 0 Å². The van der Waals surface area contributed by atoms with Gasteiger partial charge in [0.25, 0.3) is 5.56 Å². The SMILES string of the molecule is Cc1cccc(N=Cc2c(C)c(C#N)c(=O)n(CC(C)C)c2O)c1. The summed E-state index contributed by atoms with van der Waals surface area (Å²) in [6.07, 6.45) is 1.51. The van der Waals surface area contributed by atoms with Gasteiger partial charge in [0.05, 0.1) is 11.3 Å². The first kappa shape index (κ1) is 17.5. The topological polar surface area (TPSA) is 78.4 Å². The van der Waals surface area contributed by atoms with Crippen LogP contribution in [-0.2, 0) is 6.54 Å². The number of benzene rings is 1. The Morgan fingerprint density at radius 1 is 1.38 bits per heavy atom.